The molecule has 10 nitrogen and oxygen atoms in total. The average molecular weight is 484 g/mol. The minimum atomic E-state index is -0.242. The van der Waals surface area contributed by atoms with E-state index in [0.717, 1.165) is 27.5 Å². The second kappa shape index (κ2) is 8.26. The van der Waals surface area contributed by atoms with Crippen LogP contribution < -0.4 is 10.6 Å². The van der Waals surface area contributed by atoms with E-state index in [9.17, 15) is 4.79 Å². The van der Waals surface area contributed by atoms with Crippen molar-refractivity contribution in [2.75, 3.05) is 10.6 Å². The fourth-order valence-electron chi connectivity index (χ4n) is 3.92. The zero-order valence-corrected chi connectivity index (χ0v) is 19.2. The van der Waals surface area contributed by atoms with Crippen molar-refractivity contribution in [3.8, 4) is 5.69 Å². The molecule has 0 saturated heterocycles. The maximum atomic E-state index is 12.6. The first-order valence-corrected chi connectivity index (χ1v) is 11.1. The number of benzene rings is 2. The van der Waals surface area contributed by atoms with Crippen LogP contribution >= 0.6 is 11.6 Å². The molecule has 0 atom stereocenters. The minimum Gasteiger partial charge on any atom is -0.337 e. The zero-order chi connectivity index (χ0) is 23.9. The molecule has 4 heterocycles. The second-order valence-electron chi connectivity index (χ2n) is 7.94. The molecular formula is C24H18ClN9O. The fourth-order valence-corrected chi connectivity index (χ4v) is 4.18. The molecule has 0 unspecified atom stereocenters. The highest BCUT2D eigenvalue weighted by Gasteiger charge is 2.16. The van der Waals surface area contributed by atoms with Gasteiger partial charge in [-0.2, -0.15) is 10.2 Å². The normalized spacial score (nSPS) is 11.3. The van der Waals surface area contributed by atoms with Crippen molar-refractivity contribution in [2.45, 2.75) is 0 Å². The van der Waals surface area contributed by atoms with Gasteiger partial charge >= 0.3 is 0 Å². The van der Waals surface area contributed by atoms with Crippen LogP contribution in [0.25, 0.3) is 27.5 Å². The molecule has 0 saturated carbocycles. The molecule has 172 valence electrons. The molecule has 0 aliphatic rings. The molecule has 6 aromatic rings. The lowest BCUT2D eigenvalue weighted by atomic mass is 10.2. The summed E-state index contributed by atoms with van der Waals surface area (Å²) in [6.45, 7) is 0. The number of aryl methyl sites for hydroxylation is 1. The van der Waals surface area contributed by atoms with E-state index < -0.39 is 0 Å². The van der Waals surface area contributed by atoms with Crippen LogP contribution in [0.5, 0.6) is 0 Å². The summed E-state index contributed by atoms with van der Waals surface area (Å²) < 4.78 is 3.36. The number of carbonyl (C=O) groups is 1. The quantitative estimate of drug-likeness (QED) is 0.327. The number of hydrogen-bond acceptors (Lipinski definition) is 6. The number of carbonyl (C=O) groups excluding carboxylic acids is 1. The number of pyridine rings is 1. The van der Waals surface area contributed by atoms with Crippen molar-refractivity contribution in [3.63, 3.8) is 0 Å². The van der Waals surface area contributed by atoms with Gasteiger partial charge in [-0.15, -0.1) is 5.10 Å². The van der Waals surface area contributed by atoms with E-state index in [4.69, 9.17) is 16.7 Å². The molecule has 0 aliphatic heterocycles. The van der Waals surface area contributed by atoms with E-state index >= 15 is 0 Å². The van der Waals surface area contributed by atoms with E-state index in [2.05, 4.69) is 30.9 Å². The molecule has 1 amide bonds. The molecule has 6 rings (SSSR count). The molecule has 0 bridgehead atoms. The van der Waals surface area contributed by atoms with Gasteiger partial charge in [0.1, 0.15) is 0 Å². The third-order valence-corrected chi connectivity index (χ3v) is 6.02. The van der Waals surface area contributed by atoms with Crippen LogP contribution in [0, 0.1) is 0 Å². The summed E-state index contributed by atoms with van der Waals surface area (Å²) in [5.41, 5.74) is 4.23. The van der Waals surface area contributed by atoms with E-state index in [0.29, 0.717) is 27.8 Å². The predicted molar refractivity (Wildman–Crippen MR) is 134 cm³/mol. The topological polar surface area (TPSA) is 118 Å². The van der Waals surface area contributed by atoms with Gasteiger partial charge in [0.25, 0.3) is 5.91 Å². The second-order valence-corrected chi connectivity index (χ2v) is 8.32. The van der Waals surface area contributed by atoms with Crippen LogP contribution in [0.4, 0.5) is 17.2 Å². The number of aromatic amines is 1. The molecule has 2 aromatic carbocycles. The van der Waals surface area contributed by atoms with Crippen LogP contribution in [0.3, 0.4) is 0 Å². The highest BCUT2D eigenvalue weighted by molar-refractivity contribution is 6.38. The molecule has 0 spiro atoms. The van der Waals surface area contributed by atoms with Crippen molar-refractivity contribution in [2.24, 2.45) is 7.05 Å². The van der Waals surface area contributed by atoms with Gasteiger partial charge in [0, 0.05) is 35.9 Å². The van der Waals surface area contributed by atoms with Crippen molar-refractivity contribution in [1.29, 1.82) is 0 Å². The monoisotopic (exact) mass is 483 g/mol. The van der Waals surface area contributed by atoms with Gasteiger partial charge in [0.2, 0.25) is 0 Å². The van der Waals surface area contributed by atoms with E-state index in [1.807, 2.05) is 42.5 Å². The Bertz CT molecular complexity index is 1710. The average Bonchev–Trinajstić information content (AvgIpc) is 3.60. The summed E-state index contributed by atoms with van der Waals surface area (Å²) in [4.78, 5) is 16.9. The summed E-state index contributed by atoms with van der Waals surface area (Å²) >= 11 is 6.61. The van der Waals surface area contributed by atoms with Crippen LogP contribution in [0.2, 0.25) is 5.02 Å². The Hall–Kier alpha value is -4.70. The van der Waals surface area contributed by atoms with Crippen molar-refractivity contribution < 1.29 is 4.79 Å². The number of hydrogen-bond donors (Lipinski definition) is 3. The molecule has 0 fully saturated rings. The Morgan fingerprint density at radius 2 is 2.00 bits per heavy atom. The number of nitrogens with zero attached hydrogens (tertiary/aromatic N) is 6. The Morgan fingerprint density at radius 1 is 1.09 bits per heavy atom. The number of nitrogens with one attached hydrogen (secondary N) is 3. The number of aromatic nitrogens is 7. The van der Waals surface area contributed by atoms with Crippen molar-refractivity contribution in [1.82, 2.24) is 34.7 Å². The Kier molecular flexibility index (Phi) is 4.93. The Morgan fingerprint density at radius 3 is 2.86 bits per heavy atom. The van der Waals surface area contributed by atoms with Gasteiger partial charge in [0.15, 0.2) is 5.82 Å². The lowest BCUT2D eigenvalue weighted by Gasteiger charge is -2.08. The highest BCUT2D eigenvalue weighted by atomic mass is 35.5. The first kappa shape index (κ1) is 20.9. The van der Waals surface area contributed by atoms with Gasteiger partial charge in [-0.05, 0) is 36.4 Å². The molecule has 35 heavy (non-hydrogen) atoms. The van der Waals surface area contributed by atoms with Gasteiger partial charge < -0.3 is 10.6 Å². The van der Waals surface area contributed by atoms with E-state index in [1.54, 1.807) is 41.2 Å². The number of anilines is 3. The SMILES string of the molecule is Cn1cc(C(=O)Nc2cccc(-n3nc(Nc4ccc5[nH]ncc5c4Cl)c4ccncc43)c2)cn1. The summed E-state index contributed by atoms with van der Waals surface area (Å²) in [5, 5.41) is 24.3. The number of fused-ring (bicyclic) bond motifs is 2. The Labute approximate surface area is 203 Å². The van der Waals surface area contributed by atoms with E-state index in [1.165, 1.54) is 6.20 Å². The van der Waals surface area contributed by atoms with Gasteiger partial charge in [0.05, 0.1) is 51.6 Å². The van der Waals surface area contributed by atoms with Crippen molar-refractivity contribution >= 4 is 56.5 Å². The lowest BCUT2D eigenvalue weighted by Crippen LogP contribution is -2.11. The molecule has 0 radical (unpaired) electrons. The lowest BCUT2D eigenvalue weighted by molar-refractivity contribution is 0.102. The summed E-state index contributed by atoms with van der Waals surface area (Å²) in [5.74, 6) is 0.380. The highest BCUT2D eigenvalue weighted by Crippen LogP contribution is 2.34. The number of amides is 1. The third-order valence-electron chi connectivity index (χ3n) is 5.61. The molecule has 0 aliphatic carbocycles. The smallest absolute Gasteiger partial charge is 0.258 e. The number of H-pyrrole nitrogens is 1. The first-order chi connectivity index (χ1) is 17.1. The molecule has 3 N–H and O–H groups in total. The predicted octanol–water partition coefficient (Wildman–Crippen LogP) is 4.68. The fraction of sp³-hybridized carbons (Fsp3) is 0.0417. The van der Waals surface area contributed by atoms with Crippen LogP contribution in [-0.2, 0) is 7.05 Å². The van der Waals surface area contributed by atoms with Crippen LogP contribution in [-0.4, -0.2) is 40.6 Å². The molecular weight excluding hydrogens is 466 g/mol. The molecule has 11 heteroatoms. The van der Waals surface area contributed by atoms with Crippen LogP contribution in [0.1, 0.15) is 10.4 Å². The van der Waals surface area contributed by atoms with Gasteiger partial charge in [-0.1, -0.05) is 17.7 Å². The Balaban J connectivity index is 1.36. The van der Waals surface area contributed by atoms with E-state index in [-0.39, 0.29) is 5.91 Å². The summed E-state index contributed by atoms with van der Waals surface area (Å²) in [6.07, 6.45) is 8.33. The minimum absolute atomic E-state index is 0.242. The van der Waals surface area contributed by atoms with Gasteiger partial charge in [-0.25, -0.2) is 4.68 Å². The first-order valence-electron chi connectivity index (χ1n) is 10.7. The number of rotatable bonds is 5. The number of halogens is 1. The van der Waals surface area contributed by atoms with Crippen LogP contribution in [0.15, 0.2) is 73.4 Å². The third kappa shape index (κ3) is 3.75. The summed E-state index contributed by atoms with van der Waals surface area (Å²) in [6, 6.07) is 13.1. The van der Waals surface area contributed by atoms with Crippen molar-refractivity contribution in [3.05, 3.63) is 84.0 Å². The maximum Gasteiger partial charge on any atom is 0.258 e. The van der Waals surface area contributed by atoms with Gasteiger partial charge in [-0.3, -0.25) is 19.6 Å². The maximum absolute atomic E-state index is 12.6. The largest absolute Gasteiger partial charge is 0.337 e. The summed E-state index contributed by atoms with van der Waals surface area (Å²) in [7, 11) is 1.76. The standard InChI is InChI=1S/C24H18ClN9O/c1-33-13-14(10-28-33)24(35)29-15-3-2-4-16(9-15)34-21-12-26-8-7-17(21)23(32-34)30-20-6-5-19-18(22(20)25)11-27-31-19/h2-13H,1H3,(H,27,31)(H,29,35)(H,30,32). The molecule has 4 aromatic heterocycles. The zero-order valence-electron chi connectivity index (χ0n) is 18.4.